The van der Waals surface area contributed by atoms with Crippen LogP contribution in [0.1, 0.15) is 41.5 Å². The molecule has 25 heavy (non-hydrogen) atoms. The van der Waals surface area contributed by atoms with E-state index in [-0.39, 0.29) is 18.5 Å². The van der Waals surface area contributed by atoms with Crippen LogP contribution in [0.5, 0.6) is 11.6 Å². The largest absolute Gasteiger partial charge is 0.452 e. The number of pyridine rings is 1. The van der Waals surface area contributed by atoms with Crippen molar-refractivity contribution in [2.75, 3.05) is 11.7 Å². The third kappa shape index (κ3) is 4.97. The predicted molar refractivity (Wildman–Crippen MR) is 93.0 cm³/mol. The van der Waals surface area contributed by atoms with Gasteiger partial charge in [-0.15, -0.1) is 0 Å². The van der Waals surface area contributed by atoms with E-state index in [4.69, 9.17) is 18.9 Å². The normalized spacial score (nSPS) is 13.4. The molecule has 1 aromatic heterocycles. The van der Waals surface area contributed by atoms with Gasteiger partial charge in [-0.2, -0.15) is 9.88 Å². The highest BCUT2D eigenvalue weighted by Gasteiger charge is 2.36. The third-order valence-electron chi connectivity index (χ3n) is 2.66. The lowest BCUT2D eigenvalue weighted by Crippen LogP contribution is -2.44. The molecule has 8 nitrogen and oxygen atoms in total. The minimum absolute atomic E-state index is 0.00671. The number of imide groups is 1. The molecule has 138 valence electrons. The molecule has 0 fully saturated rings. The lowest BCUT2D eigenvalue weighted by atomic mass is 10.2. The van der Waals surface area contributed by atoms with Crippen LogP contribution in [0.25, 0.3) is 0 Å². The van der Waals surface area contributed by atoms with E-state index in [1.165, 1.54) is 0 Å². The minimum Gasteiger partial charge on any atom is -0.452 e. The van der Waals surface area contributed by atoms with E-state index < -0.39 is 23.4 Å². The average molecular weight is 417 g/mol. The Kier molecular flexibility index (Phi) is 5.17. The van der Waals surface area contributed by atoms with E-state index in [1.807, 2.05) is 0 Å². The Hall–Kier alpha value is -2.03. The Balaban J connectivity index is 2.44. The number of carbonyl (C=O) groups excluding carboxylic acids is 2. The molecule has 1 aliphatic heterocycles. The monoisotopic (exact) mass is 416 g/mol. The molecule has 0 saturated carbocycles. The zero-order valence-corrected chi connectivity index (χ0v) is 16.6. The first-order chi connectivity index (χ1) is 11.4. The number of nitrogens with zero attached hydrogens (tertiary/aromatic N) is 2. The van der Waals surface area contributed by atoms with Gasteiger partial charge in [0.25, 0.3) is 5.88 Å². The number of ether oxygens (including phenoxy) is 4. The van der Waals surface area contributed by atoms with Crippen molar-refractivity contribution < 1.29 is 28.5 Å². The van der Waals surface area contributed by atoms with Crippen LogP contribution >= 0.6 is 15.9 Å². The van der Waals surface area contributed by atoms with Crippen LogP contribution in [0, 0.1) is 0 Å². The Morgan fingerprint density at radius 3 is 2.08 bits per heavy atom. The summed E-state index contributed by atoms with van der Waals surface area (Å²) in [5.41, 5.74) is -1.61. The van der Waals surface area contributed by atoms with Gasteiger partial charge in [0.1, 0.15) is 11.2 Å². The number of hydrogen-bond acceptors (Lipinski definition) is 7. The van der Waals surface area contributed by atoms with Gasteiger partial charge in [0.2, 0.25) is 6.79 Å². The van der Waals surface area contributed by atoms with Gasteiger partial charge >= 0.3 is 12.2 Å². The van der Waals surface area contributed by atoms with Gasteiger partial charge in [0.05, 0.1) is 4.47 Å². The maximum absolute atomic E-state index is 12.6. The summed E-state index contributed by atoms with van der Waals surface area (Å²) in [6.45, 7) is 10.2. The number of halogens is 1. The first-order valence-corrected chi connectivity index (χ1v) is 8.39. The highest BCUT2D eigenvalue weighted by atomic mass is 79.9. The fraction of sp³-hybridized carbons (Fsp3) is 0.562. The lowest BCUT2D eigenvalue weighted by Gasteiger charge is -2.28. The number of rotatable bonds is 1. The van der Waals surface area contributed by atoms with Crippen LogP contribution < -0.4 is 14.4 Å². The van der Waals surface area contributed by atoms with E-state index in [0.29, 0.717) is 10.2 Å². The van der Waals surface area contributed by atoms with Crippen molar-refractivity contribution in [3.8, 4) is 11.6 Å². The molecule has 0 radical (unpaired) electrons. The first-order valence-electron chi connectivity index (χ1n) is 7.59. The minimum atomic E-state index is -0.909. The Bertz CT molecular complexity index is 665. The number of hydrogen-bond donors (Lipinski definition) is 0. The van der Waals surface area contributed by atoms with Crippen LogP contribution in [-0.4, -0.2) is 35.2 Å². The maximum atomic E-state index is 12.6. The molecule has 2 rings (SSSR count). The Labute approximate surface area is 154 Å². The van der Waals surface area contributed by atoms with Gasteiger partial charge in [0, 0.05) is 6.07 Å². The first kappa shape index (κ1) is 19.3. The molecule has 2 amide bonds. The summed E-state index contributed by atoms with van der Waals surface area (Å²) in [6, 6.07) is 1.56. The quantitative estimate of drug-likeness (QED) is 0.675. The summed E-state index contributed by atoms with van der Waals surface area (Å²) in [7, 11) is 0. The molecule has 0 aliphatic carbocycles. The van der Waals surface area contributed by atoms with Crippen LogP contribution in [0.2, 0.25) is 0 Å². The van der Waals surface area contributed by atoms with Crippen molar-refractivity contribution in [1.82, 2.24) is 4.98 Å². The molecule has 0 spiro atoms. The molecule has 2 heterocycles. The van der Waals surface area contributed by atoms with E-state index >= 15 is 0 Å². The molecular formula is C16H21BrN2O6. The van der Waals surface area contributed by atoms with Crippen molar-refractivity contribution >= 4 is 33.9 Å². The summed E-state index contributed by atoms with van der Waals surface area (Å²) in [6.07, 6.45) is -1.82. The van der Waals surface area contributed by atoms with Gasteiger partial charge in [-0.3, -0.25) is 0 Å². The summed E-state index contributed by atoms with van der Waals surface area (Å²) < 4.78 is 21.4. The summed E-state index contributed by atoms with van der Waals surface area (Å²) in [5.74, 6) is 0.576. The summed E-state index contributed by atoms with van der Waals surface area (Å²) in [5, 5.41) is 0. The second kappa shape index (κ2) is 6.70. The van der Waals surface area contributed by atoms with Gasteiger partial charge in [-0.1, -0.05) is 0 Å². The molecular weight excluding hydrogens is 396 g/mol. The van der Waals surface area contributed by atoms with E-state index in [9.17, 15) is 9.59 Å². The fourth-order valence-electron chi connectivity index (χ4n) is 1.82. The van der Waals surface area contributed by atoms with Crippen LogP contribution in [0.3, 0.4) is 0 Å². The van der Waals surface area contributed by atoms with Crippen LogP contribution in [-0.2, 0) is 9.47 Å². The maximum Gasteiger partial charge on any atom is 0.425 e. The molecule has 0 N–H and O–H groups in total. The topological polar surface area (TPSA) is 87.2 Å². The van der Waals surface area contributed by atoms with E-state index in [0.717, 1.165) is 4.90 Å². The van der Waals surface area contributed by atoms with Gasteiger partial charge in [0.15, 0.2) is 11.6 Å². The smallest absolute Gasteiger partial charge is 0.425 e. The molecule has 1 aliphatic rings. The molecule has 0 unspecified atom stereocenters. The third-order valence-corrected chi connectivity index (χ3v) is 3.25. The zero-order chi connectivity index (χ0) is 19.0. The van der Waals surface area contributed by atoms with E-state index in [2.05, 4.69) is 20.9 Å². The highest BCUT2D eigenvalue weighted by Crippen LogP contribution is 2.38. The van der Waals surface area contributed by atoms with Crippen LogP contribution in [0.4, 0.5) is 15.4 Å². The van der Waals surface area contributed by atoms with Crippen LogP contribution in [0.15, 0.2) is 10.5 Å². The number of anilines is 1. The Morgan fingerprint density at radius 2 is 1.60 bits per heavy atom. The second-order valence-electron chi connectivity index (χ2n) is 7.30. The molecule has 0 aromatic carbocycles. The summed E-state index contributed by atoms with van der Waals surface area (Å²) in [4.78, 5) is 30.1. The SMILES string of the molecule is CC(C)(C)OC(=O)N(C(=O)OC(C)(C)C)c1nc2c(cc1Br)OCO2. The second-order valence-corrected chi connectivity index (χ2v) is 8.15. The Morgan fingerprint density at radius 1 is 1.08 bits per heavy atom. The predicted octanol–water partition coefficient (Wildman–Crippen LogP) is 4.25. The molecule has 0 atom stereocenters. The highest BCUT2D eigenvalue weighted by molar-refractivity contribution is 9.10. The summed E-state index contributed by atoms with van der Waals surface area (Å²) >= 11 is 3.29. The standard InChI is InChI=1S/C16H21BrN2O6/c1-15(2,3)24-13(20)19(14(21)25-16(4,5)6)11-9(17)7-10-12(18-11)23-8-22-10/h7H,8H2,1-6H3. The fourth-order valence-corrected chi connectivity index (χ4v) is 2.29. The van der Waals surface area contributed by atoms with E-state index in [1.54, 1.807) is 47.6 Å². The molecule has 0 saturated heterocycles. The van der Waals surface area contributed by atoms with Crippen molar-refractivity contribution in [2.45, 2.75) is 52.7 Å². The van der Waals surface area contributed by atoms with Crippen molar-refractivity contribution in [3.63, 3.8) is 0 Å². The lowest BCUT2D eigenvalue weighted by molar-refractivity contribution is 0.0428. The number of aromatic nitrogens is 1. The van der Waals surface area contributed by atoms with Gasteiger partial charge < -0.3 is 18.9 Å². The number of carbonyl (C=O) groups is 2. The molecule has 9 heteroatoms. The molecule has 0 bridgehead atoms. The van der Waals surface area contributed by atoms with Crippen molar-refractivity contribution in [2.24, 2.45) is 0 Å². The average Bonchev–Trinajstić information content (AvgIpc) is 2.81. The van der Waals surface area contributed by atoms with Crippen molar-refractivity contribution in [3.05, 3.63) is 10.5 Å². The van der Waals surface area contributed by atoms with Gasteiger partial charge in [-0.25, -0.2) is 9.59 Å². The van der Waals surface area contributed by atoms with Gasteiger partial charge in [-0.05, 0) is 57.5 Å². The van der Waals surface area contributed by atoms with Crippen molar-refractivity contribution in [1.29, 1.82) is 0 Å². The number of fused-ring (bicyclic) bond motifs is 1. The number of amides is 2. The molecule has 1 aromatic rings. The zero-order valence-electron chi connectivity index (χ0n) is 15.0.